The van der Waals surface area contributed by atoms with E-state index in [1.807, 2.05) is 24.0 Å². The summed E-state index contributed by atoms with van der Waals surface area (Å²) in [5.41, 5.74) is 0.864. The van der Waals surface area contributed by atoms with Gasteiger partial charge in [-0.3, -0.25) is 14.9 Å². The SMILES string of the molecule is CC(=O)c1ccc(N2CCC(C)CC2c2ccc(C)o2)c([N+](=O)[O-])c1. The summed E-state index contributed by atoms with van der Waals surface area (Å²) >= 11 is 0. The van der Waals surface area contributed by atoms with E-state index in [4.69, 9.17) is 4.42 Å². The van der Waals surface area contributed by atoms with Gasteiger partial charge in [0.15, 0.2) is 5.78 Å². The van der Waals surface area contributed by atoms with E-state index in [1.165, 1.54) is 13.0 Å². The molecular formula is C19H22N2O4. The highest BCUT2D eigenvalue weighted by molar-refractivity contribution is 5.95. The maximum absolute atomic E-state index is 11.6. The molecule has 132 valence electrons. The first-order chi connectivity index (χ1) is 11.9. The van der Waals surface area contributed by atoms with Crippen LogP contribution in [-0.2, 0) is 0 Å². The van der Waals surface area contributed by atoms with E-state index in [1.54, 1.807) is 12.1 Å². The minimum Gasteiger partial charge on any atom is -0.464 e. The second-order valence-electron chi connectivity index (χ2n) is 6.80. The van der Waals surface area contributed by atoms with Gasteiger partial charge < -0.3 is 9.32 Å². The molecule has 1 fully saturated rings. The second-order valence-corrected chi connectivity index (χ2v) is 6.80. The number of carbonyl (C=O) groups excluding carboxylic acids is 1. The van der Waals surface area contributed by atoms with E-state index in [-0.39, 0.29) is 17.5 Å². The van der Waals surface area contributed by atoms with Crippen LogP contribution in [-0.4, -0.2) is 17.3 Å². The van der Waals surface area contributed by atoms with Gasteiger partial charge in [0.25, 0.3) is 5.69 Å². The summed E-state index contributed by atoms with van der Waals surface area (Å²) in [5, 5.41) is 11.6. The first-order valence-electron chi connectivity index (χ1n) is 8.49. The van der Waals surface area contributed by atoms with E-state index in [0.717, 1.165) is 24.4 Å². The summed E-state index contributed by atoms with van der Waals surface area (Å²) in [4.78, 5) is 24.8. The van der Waals surface area contributed by atoms with Crippen molar-refractivity contribution in [1.29, 1.82) is 0 Å². The Labute approximate surface area is 146 Å². The Bertz CT molecular complexity index is 812. The first-order valence-corrected chi connectivity index (χ1v) is 8.49. The van der Waals surface area contributed by atoms with Crippen molar-refractivity contribution in [1.82, 2.24) is 0 Å². The van der Waals surface area contributed by atoms with Crippen LogP contribution < -0.4 is 4.90 Å². The minimum atomic E-state index is -0.412. The molecule has 0 amide bonds. The third-order valence-corrected chi connectivity index (χ3v) is 4.84. The number of nitrogens with zero attached hydrogens (tertiary/aromatic N) is 2. The predicted molar refractivity (Wildman–Crippen MR) is 95.0 cm³/mol. The minimum absolute atomic E-state index is 0.0319. The fourth-order valence-corrected chi connectivity index (χ4v) is 3.46. The molecule has 0 spiro atoms. The number of ketones is 1. The van der Waals surface area contributed by atoms with E-state index in [9.17, 15) is 14.9 Å². The van der Waals surface area contributed by atoms with Gasteiger partial charge in [0.2, 0.25) is 0 Å². The van der Waals surface area contributed by atoms with E-state index < -0.39 is 4.92 Å². The van der Waals surface area contributed by atoms with Gasteiger partial charge in [-0.05, 0) is 56.9 Å². The fourth-order valence-electron chi connectivity index (χ4n) is 3.46. The fraction of sp³-hybridized carbons (Fsp3) is 0.421. The lowest BCUT2D eigenvalue weighted by Crippen LogP contribution is -2.36. The predicted octanol–water partition coefficient (Wildman–Crippen LogP) is 4.68. The molecule has 2 aromatic rings. The number of nitro benzene ring substituents is 1. The summed E-state index contributed by atoms with van der Waals surface area (Å²) in [6, 6.07) is 8.54. The Hall–Kier alpha value is -2.63. The molecule has 0 saturated carbocycles. The summed E-state index contributed by atoms with van der Waals surface area (Å²) in [6.07, 6.45) is 1.83. The van der Waals surface area contributed by atoms with Crippen molar-refractivity contribution < 1.29 is 14.1 Å². The molecule has 0 bridgehead atoms. The summed E-state index contributed by atoms with van der Waals surface area (Å²) < 4.78 is 5.82. The molecule has 3 rings (SSSR count). The van der Waals surface area contributed by atoms with E-state index in [0.29, 0.717) is 23.7 Å². The number of aryl methyl sites for hydroxylation is 1. The van der Waals surface area contributed by atoms with Gasteiger partial charge in [0.05, 0.1) is 11.0 Å². The zero-order valence-electron chi connectivity index (χ0n) is 14.7. The zero-order chi connectivity index (χ0) is 18.1. The largest absolute Gasteiger partial charge is 0.464 e. The average Bonchev–Trinajstić information content (AvgIpc) is 3.00. The number of Topliss-reactive ketones (excluding diaryl/α,β-unsaturated/α-hetero) is 1. The van der Waals surface area contributed by atoms with E-state index >= 15 is 0 Å². The van der Waals surface area contributed by atoms with Crippen LogP contribution in [0.2, 0.25) is 0 Å². The Morgan fingerprint density at radius 3 is 2.68 bits per heavy atom. The number of hydrogen-bond acceptors (Lipinski definition) is 5. The van der Waals surface area contributed by atoms with Crippen molar-refractivity contribution in [3.05, 3.63) is 57.5 Å². The molecule has 2 atom stereocenters. The molecule has 0 radical (unpaired) electrons. The van der Waals surface area contributed by atoms with Crippen LogP contribution in [0.4, 0.5) is 11.4 Å². The van der Waals surface area contributed by atoms with Crippen LogP contribution in [0, 0.1) is 23.0 Å². The van der Waals surface area contributed by atoms with Gasteiger partial charge in [-0.2, -0.15) is 0 Å². The van der Waals surface area contributed by atoms with Crippen LogP contribution in [0.5, 0.6) is 0 Å². The van der Waals surface area contributed by atoms with Gasteiger partial charge in [-0.15, -0.1) is 0 Å². The molecule has 2 heterocycles. The molecule has 6 heteroatoms. The van der Waals surface area contributed by atoms with Crippen molar-refractivity contribution in [2.45, 2.75) is 39.7 Å². The summed E-state index contributed by atoms with van der Waals surface area (Å²) in [5.74, 6) is 1.99. The number of benzene rings is 1. The van der Waals surface area contributed by atoms with Crippen molar-refractivity contribution in [2.75, 3.05) is 11.4 Å². The van der Waals surface area contributed by atoms with Gasteiger partial charge in [0.1, 0.15) is 17.2 Å². The van der Waals surface area contributed by atoms with Crippen molar-refractivity contribution >= 4 is 17.2 Å². The summed E-state index contributed by atoms with van der Waals surface area (Å²) in [7, 11) is 0. The topological polar surface area (TPSA) is 76.6 Å². The average molecular weight is 342 g/mol. The number of piperidine rings is 1. The first kappa shape index (κ1) is 17.2. The van der Waals surface area contributed by atoms with Crippen LogP contribution >= 0.6 is 0 Å². The molecule has 1 saturated heterocycles. The number of rotatable bonds is 4. The van der Waals surface area contributed by atoms with Crippen LogP contribution in [0.25, 0.3) is 0 Å². The maximum atomic E-state index is 11.6. The van der Waals surface area contributed by atoms with Gasteiger partial charge in [-0.25, -0.2) is 0 Å². The third-order valence-electron chi connectivity index (χ3n) is 4.84. The van der Waals surface area contributed by atoms with Gasteiger partial charge in [0, 0.05) is 18.2 Å². The highest BCUT2D eigenvalue weighted by Gasteiger charge is 2.33. The third kappa shape index (κ3) is 3.43. The van der Waals surface area contributed by atoms with Gasteiger partial charge >= 0.3 is 0 Å². The van der Waals surface area contributed by atoms with E-state index in [2.05, 4.69) is 6.92 Å². The number of hydrogen-bond donors (Lipinski definition) is 0. The molecule has 2 unspecified atom stereocenters. The lowest BCUT2D eigenvalue weighted by molar-refractivity contribution is -0.384. The number of carbonyl (C=O) groups is 1. The molecule has 1 aliphatic rings. The zero-order valence-corrected chi connectivity index (χ0v) is 14.7. The molecule has 0 N–H and O–H groups in total. The maximum Gasteiger partial charge on any atom is 0.293 e. The van der Waals surface area contributed by atoms with Crippen molar-refractivity contribution in [3.8, 4) is 0 Å². The quantitative estimate of drug-likeness (QED) is 0.458. The van der Waals surface area contributed by atoms with Crippen molar-refractivity contribution in [3.63, 3.8) is 0 Å². The van der Waals surface area contributed by atoms with Gasteiger partial charge in [-0.1, -0.05) is 6.92 Å². The Balaban J connectivity index is 2.05. The number of furan rings is 1. The molecular weight excluding hydrogens is 320 g/mol. The lowest BCUT2D eigenvalue weighted by Gasteiger charge is -2.38. The van der Waals surface area contributed by atoms with Crippen LogP contribution in [0.1, 0.15) is 54.6 Å². The Morgan fingerprint density at radius 2 is 2.08 bits per heavy atom. The monoisotopic (exact) mass is 342 g/mol. The lowest BCUT2D eigenvalue weighted by atomic mass is 9.90. The number of anilines is 1. The molecule has 1 aliphatic heterocycles. The highest BCUT2D eigenvalue weighted by atomic mass is 16.6. The number of nitro groups is 1. The smallest absolute Gasteiger partial charge is 0.293 e. The Morgan fingerprint density at radius 1 is 1.32 bits per heavy atom. The molecule has 1 aromatic heterocycles. The Kier molecular flexibility index (Phi) is 4.61. The highest BCUT2D eigenvalue weighted by Crippen LogP contribution is 2.41. The molecule has 1 aromatic carbocycles. The van der Waals surface area contributed by atoms with Crippen molar-refractivity contribution in [2.24, 2.45) is 5.92 Å². The normalized spacial score (nSPS) is 20.5. The molecule has 0 aliphatic carbocycles. The molecule has 6 nitrogen and oxygen atoms in total. The standard InChI is InChI=1S/C19H22N2O4/c1-12-8-9-20(18(10-12)19-7-4-13(2)25-19)16-6-5-15(14(3)22)11-17(16)21(23)24/h4-7,11-12,18H,8-10H2,1-3H3. The molecule has 25 heavy (non-hydrogen) atoms. The summed E-state index contributed by atoms with van der Waals surface area (Å²) in [6.45, 7) is 6.21. The second kappa shape index (κ2) is 6.70. The van der Waals surface area contributed by atoms with Crippen LogP contribution in [0.3, 0.4) is 0 Å². The van der Waals surface area contributed by atoms with Crippen LogP contribution in [0.15, 0.2) is 34.7 Å².